The standard InChI is InChI=1S/C19H18N2O6/c1-12(22)21(14-3-5-16-18(9-14)27-11-25-16)7-6-20-19(23)13-2-4-15-17(8-13)26-10-24-15/h2-5,8-9H,6-7,10-11H2,1H3,(H,20,23). The van der Waals surface area contributed by atoms with Gasteiger partial charge in [-0.1, -0.05) is 0 Å². The maximum atomic E-state index is 12.3. The normalized spacial score (nSPS) is 13.4. The first kappa shape index (κ1) is 17.0. The monoisotopic (exact) mass is 370 g/mol. The van der Waals surface area contributed by atoms with Crippen molar-refractivity contribution in [1.82, 2.24) is 5.32 Å². The van der Waals surface area contributed by atoms with E-state index in [0.29, 0.717) is 47.3 Å². The van der Waals surface area contributed by atoms with Gasteiger partial charge in [0.05, 0.1) is 0 Å². The molecule has 8 nitrogen and oxygen atoms in total. The van der Waals surface area contributed by atoms with Crippen LogP contribution < -0.4 is 29.2 Å². The lowest BCUT2D eigenvalue weighted by Crippen LogP contribution is -2.37. The van der Waals surface area contributed by atoms with E-state index < -0.39 is 0 Å². The summed E-state index contributed by atoms with van der Waals surface area (Å²) in [4.78, 5) is 25.9. The van der Waals surface area contributed by atoms with Crippen molar-refractivity contribution >= 4 is 17.5 Å². The summed E-state index contributed by atoms with van der Waals surface area (Å²) >= 11 is 0. The molecule has 0 atom stereocenters. The molecule has 2 amide bonds. The van der Waals surface area contributed by atoms with Gasteiger partial charge >= 0.3 is 0 Å². The Kier molecular flexibility index (Phi) is 4.45. The molecule has 2 aromatic carbocycles. The minimum absolute atomic E-state index is 0.133. The number of carbonyl (C=O) groups is 2. The number of nitrogens with one attached hydrogen (secondary N) is 1. The van der Waals surface area contributed by atoms with E-state index in [9.17, 15) is 9.59 Å². The summed E-state index contributed by atoms with van der Waals surface area (Å²) in [6.07, 6.45) is 0. The lowest BCUT2D eigenvalue weighted by molar-refractivity contribution is -0.116. The van der Waals surface area contributed by atoms with Crippen LogP contribution >= 0.6 is 0 Å². The number of anilines is 1. The maximum absolute atomic E-state index is 12.3. The van der Waals surface area contributed by atoms with Crippen molar-refractivity contribution in [2.75, 3.05) is 31.6 Å². The SMILES string of the molecule is CC(=O)N(CCNC(=O)c1ccc2c(c1)OCO2)c1ccc2c(c1)OCO2. The highest BCUT2D eigenvalue weighted by Gasteiger charge is 2.19. The predicted octanol–water partition coefficient (Wildman–Crippen LogP) is 1.93. The molecule has 4 rings (SSSR count). The topological polar surface area (TPSA) is 86.3 Å². The quantitative estimate of drug-likeness (QED) is 0.866. The van der Waals surface area contributed by atoms with Gasteiger partial charge in [0.1, 0.15) is 0 Å². The molecule has 0 aromatic heterocycles. The van der Waals surface area contributed by atoms with Crippen molar-refractivity contribution < 1.29 is 28.5 Å². The molecular weight excluding hydrogens is 352 g/mol. The first-order chi connectivity index (χ1) is 13.1. The Morgan fingerprint density at radius 3 is 2.26 bits per heavy atom. The molecule has 140 valence electrons. The summed E-state index contributed by atoms with van der Waals surface area (Å²) in [7, 11) is 0. The van der Waals surface area contributed by atoms with Gasteiger partial charge in [0.25, 0.3) is 5.91 Å². The van der Waals surface area contributed by atoms with Crippen LogP contribution in [0.5, 0.6) is 23.0 Å². The van der Waals surface area contributed by atoms with Crippen LogP contribution in [0, 0.1) is 0 Å². The number of ether oxygens (including phenoxy) is 4. The summed E-state index contributed by atoms with van der Waals surface area (Å²) in [5.74, 6) is 2.04. The average molecular weight is 370 g/mol. The van der Waals surface area contributed by atoms with E-state index in [2.05, 4.69) is 5.32 Å². The Balaban J connectivity index is 1.39. The second-order valence-electron chi connectivity index (χ2n) is 6.03. The van der Waals surface area contributed by atoms with Crippen molar-refractivity contribution in [3.63, 3.8) is 0 Å². The summed E-state index contributed by atoms with van der Waals surface area (Å²) in [5.41, 5.74) is 1.15. The van der Waals surface area contributed by atoms with Crippen LogP contribution in [0.4, 0.5) is 5.69 Å². The molecular formula is C19H18N2O6. The molecule has 0 saturated carbocycles. The molecule has 0 aliphatic carbocycles. The number of hydrogen-bond donors (Lipinski definition) is 1. The van der Waals surface area contributed by atoms with Crippen molar-refractivity contribution in [3.8, 4) is 23.0 Å². The van der Waals surface area contributed by atoms with Crippen LogP contribution in [0.3, 0.4) is 0 Å². The van der Waals surface area contributed by atoms with Crippen LogP contribution in [0.2, 0.25) is 0 Å². The third-order valence-electron chi connectivity index (χ3n) is 4.30. The van der Waals surface area contributed by atoms with E-state index in [1.165, 1.54) is 6.92 Å². The zero-order valence-electron chi connectivity index (χ0n) is 14.7. The van der Waals surface area contributed by atoms with Gasteiger partial charge in [0, 0.05) is 37.3 Å². The lowest BCUT2D eigenvalue weighted by Gasteiger charge is -2.21. The maximum Gasteiger partial charge on any atom is 0.251 e. The van der Waals surface area contributed by atoms with E-state index in [-0.39, 0.29) is 25.4 Å². The van der Waals surface area contributed by atoms with E-state index >= 15 is 0 Å². The van der Waals surface area contributed by atoms with Gasteiger partial charge in [-0.05, 0) is 30.3 Å². The Bertz CT molecular complexity index is 898. The van der Waals surface area contributed by atoms with E-state index in [1.807, 2.05) is 0 Å². The van der Waals surface area contributed by atoms with Crippen LogP contribution in [0.15, 0.2) is 36.4 Å². The van der Waals surface area contributed by atoms with Gasteiger partial charge in [-0.3, -0.25) is 9.59 Å². The summed E-state index contributed by atoms with van der Waals surface area (Å²) in [6.45, 7) is 2.42. The van der Waals surface area contributed by atoms with Crippen LogP contribution in [0.1, 0.15) is 17.3 Å². The molecule has 27 heavy (non-hydrogen) atoms. The Labute approximate surface area is 155 Å². The highest BCUT2D eigenvalue weighted by atomic mass is 16.7. The highest BCUT2D eigenvalue weighted by molar-refractivity contribution is 5.95. The number of fused-ring (bicyclic) bond motifs is 2. The Morgan fingerprint density at radius 2 is 1.56 bits per heavy atom. The fourth-order valence-corrected chi connectivity index (χ4v) is 2.94. The van der Waals surface area contributed by atoms with Crippen LogP contribution in [-0.4, -0.2) is 38.5 Å². The molecule has 2 aliphatic heterocycles. The zero-order valence-corrected chi connectivity index (χ0v) is 14.7. The van der Waals surface area contributed by atoms with Crippen LogP contribution in [0.25, 0.3) is 0 Å². The predicted molar refractivity (Wildman–Crippen MR) is 95.5 cm³/mol. The van der Waals surface area contributed by atoms with Crippen molar-refractivity contribution in [2.24, 2.45) is 0 Å². The average Bonchev–Trinajstić information content (AvgIpc) is 3.32. The van der Waals surface area contributed by atoms with E-state index in [0.717, 1.165) is 0 Å². The molecule has 0 spiro atoms. The number of nitrogens with zero attached hydrogens (tertiary/aromatic N) is 1. The molecule has 2 aromatic rings. The van der Waals surface area contributed by atoms with Gasteiger partial charge in [-0.15, -0.1) is 0 Å². The second kappa shape index (κ2) is 7.06. The number of carbonyl (C=O) groups excluding carboxylic acids is 2. The largest absolute Gasteiger partial charge is 0.454 e. The molecule has 0 bridgehead atoms. The van der Waals surface area contributed by atoms with Gasteiger partial charge in [0.15, 0.2) is 23.0 Å². The molecule has 8 heteroatoms. The zero-order chi connectivity index (χ0) is 18.8. The Morgan fingerprint density at radius 1 is 0.926 bits per heavy atom. The minimum atomic E-state index is -0.248. The van der Waals surface area contributed by atoms with Crippen molar-refractivity contribution in [3.05, 3.63) is 42.0 Å². The van der Waals surface area contributed by atoms with Crippen molar-refractivity contribution in [1.29, 1.82) is 0 Å². The first-order valence-electron chi connectivity index (χ1n) is 8.47. The number of amides is 2. The van der Waals surface area contributed by atoms with E-state index in [1.54, 1.807) is 41.3 Å². The molecule has 0 saturated heterocycles. The molecule has 0 fully saturated rings. The third kappa shape index (κ3) is 3.46. The fourth-order valence-electron chi connectivity index (χ4n) is 2.94. The van der Waals surface area contributed by atoms with Gasteiger partial charge in [-0.25, -0.2) is 0 Å². The smallest absolute Gasteiger partial charge is 0.251 e. The molecule has 0 unspecified atom stereocenters. The molecule has 1 N–H and O–H groups in total. The first-order valence-corrected chi connectivity index (χ1v) is 8.47. The summed E-state index contributed by atoms with van der Waals surface area (Å²) in [5, 5.41) is 2.81. The van der Waals surface area contributed by atoms with Gasteiger partial charge in [-0.2, -0.15) is 0 Å². The minimum Gasteiger partial charge on any atom is -0.454 e. The second-order valence-corrected chi connectivity index (χ2v) is 6.03. The molecule has 0 radical (unpaired) electrons. The highest BCUT2D eigenvalue weighted by Crippen LogP contribution is 2.35. The molecule has 2 heterocycles. The fraction of sp³-hybridized carbons (Fsp3) is 0.263. The van der Waals surface area contributed by atoms with Gasteiger partial charge < -0.3 is 29.2 Å². The van der Waals surface area contributed by atoms with E-state index in [4.69, 9.17) is 18.9 Å². The van der Waals surface area contributed by atoms with Crippen LogP contribution in [-0.2, 0) is 4.79 Å². The Hall–Kier alpha value is -3.42. The summed E-state index contributed by atoms with van der Waals surface area (Å²) in [6, 6.07) is 10.3. The number of hydrogen-bond acceptors (Lipinski definition) is 6. The molecule has 2 aliphatic rings. The number of rotatable bonds is 5. The lowest BCUT2D eigenvalue weighted by atomic mass is 10.2. The van der Waals surface area contributed by atoms with Crippen molar-refractivity contribution in [2.45, 2.75) is 6.92 Å². The summed E-state index contributed by atoms with van der Waals surface area (Å²) < 4.78 is 21.2. The number of benzene rings is 2. The van der Waals surface area contributed by atoms with Gasteiger partial charge in [0.2, 0.25) is 19.5 Å². The third-order valence-corrected chi connectivity index (χ3v) is 4.30.